The number of carbonyl (C=O) groups excluding carboxylic acids is 1. The highest BCUT2D eigenvalue weighted by atomic mass is 32.2. The van der Waals surface area contributed by atoms with Crippen molar-refractivity contribution in [2.24, 2.45) is 0 Å². The zero-order valence-corrected chi connectivity index (χ0v) is 11.2. The van der Waals surface area contributed by atoms with Crippen molar-refractivity contribution in [2.75, 3.05) is 5.75 Å². The molecule has 0 spiro atoms. The molecule has 0 amide bonds. The highest BCUT2D eigenvalue weighted by molar-refractivity contribution is 7.99. The van der Waals surface area contributed by atoms with Crippen molar-refractivity contribution in [1.29, 1.82) is 0 Å². The quantitative estimate of drug-likeness (QED) is 0.589. The number of benzene rings is 1. The van der Waals surface area contributed by atoms with Gasteiger partial charge in [0.2, 0.25) is 0 Å². The molecule has 0 aliphatic carbocycles. The lowest BCUT2D eigenvalue weighted by Crippen LogP contribution is -2.02. The first-order valence-electron chi connectivity index (χ1n) is 5.99. The van der Waals surface area contributed by atoms with Crippen LogP contribution >= 0.6 is 11.8 Å². The Balaban J connectivity index is 1.73. The molecule has 3 aromatic rings. The number of pyridine rings is 1. The molecule has 0 bridgehead atoms. The molecule has 0 aliphatic heterocycles. The van der Waals surface area contributed by atoms with Crippen molar-refractivity contribution in [3.8, 4) is 5.75 Å². The molecule has 0 atom stereocenters. The van der Waals surface area contributed by atoms with Crippen LogP contribution in [-0.2, 0) is 0 Å². The predicted octanol–water partition coefficient (Wildman–Crippen LogP) is 2.41. The maximum absolute atomic E-state index is 12.0. The number of hydrogen-bond acceptors (Lipinski definition) is 5. The number of hydrogen-bond donors (Lipinski definition) is 1. The Labute approximate surface area is 119 Å². The van der Waals surface area contributed by atoms with E-state index in [0.717, 1.165) is 5.65 Å². The third kappa shape index (κ3) is 2.50. The molecule has 0 radical (unpaired) electrons. The summed E-state index contributed by atoms with van der Waals surface area (Å²) in [5.41, 5.74) is 1.33. The number of nitrogens with zero attached hydrogens (tertiary/aromatic N) is 3. The van der Waals surface area contributed by atoms with Gasteiger partial charge in [0, 0.05) is 11.8 Å². The van der Waals surface area contributed by atoms with E-state index in [4.69, 9.17) is 0 Å². The predicted molar refractivity (Wildman–Crippen MR) is 76.1 cm³/mol. The molecule has 20 heavy (non-hydrogen) atoms. The van der Waals surface area contributed by atoms with Gasteiger partial charge in [0.15, 0.2) is 16.6 Å². The Morgan fingerprint density at radius 1 is 1.15 bits per heavy atom. The minimum atomic E-state index is -0.0114. The summed E-state index contributed by atoms with van der Waals surface area (Å²) in [7, 11) is 0. The van der Waals surface area contributed by atoms with Gasteiger partial charge in [-0.25, -0.2) is 0 Å². The first-order valence-corrected chi connectivity index (χ1v) is 6.97. The second-order valence-corrected chi connectivity index (χ2v) is 5.11. The second kappa shape index (κ2) is 5.34. The van der Waals surface area contributed by atoms with E-state index in [-0.39, 0.29) is 17.3 Å². The molecule has 6 heteroatoms. The van der Waals surface area contributed by atoms with E-state index in [1.54, 1.807) is 12.1 Å². The van der Waals surface area contributed by atoms with Crippen molar-refractivity contribution in [3.05, 3.63) is 54.2 Å². The van der Waals surface area contributed by atoms with Crippen LogP contribution in [0.2, 0.25) is 0 Å². The van der Waals surface area contributed by atoms with Crippen LogP contribution in [0.15, 0.2) is 53.8 Å². The van der Waals surface area contributed by atoms with Gasteiger partial charge in [-0.3, -0.25) is 9.20 Å². The number of phenols is 1. The number of aromatic hydroxyl groups is 1. The van der Waals surface area contributed by atoms with Gasteiger partial charge in [-0.1, -0.05) is 17.8 Å². The summed E-state index contributed by atoms with van der Waals surface area (Å²) in [6, 6.07) is 11.9. The van der Waals surface area contributed by atoms with Crippen LogP contribution in [0.25, 0.3) is 5.65 Å². The lowest BCUT2D eigenvalue weighted by Gasteiger charge is -2.01. The number of phenolic OH excluding ortho intramolecular Hbond substituents is 1. The van der Waals surface area contributed by atoms with Gasteiger partial charge >= 0.3 is 0 Å². The second-order valence-electron chi connectivity index (χ2n) is 4.17. The summed E-state index contributed by atoms with van der Waals surface area (Å²) >= 11 is 1.34. The molecule has 0 aliphatic rings. The number of carbonyl (C=O) groups is 1. The van der Waals surface area contributed by atoms with Crippen molar-refractivity contribution >= 4 is 23.2 Å². The zero-order valence-electron chi connectivity index (χ0n) is 10.4. The maximum atomic E-state index is 12.0. The summed E-state index contributed by atoms with van der Waals surface area (Å²) in [5, 5.41) is 18.0. The minimum absolute atomic E-state index is 0.0114. The third-order valence-electron chi connectivity index (χ3n) is 2.80. The number of Topliss-reactive ketones (excluding diaryl/α,β-unsaturated/α-hetero) is 1. The summed E-state index contributed by atoms with van der Waals surface area (Å²) in [6.07, 6.45) is 1.86. The fourth-order valence-electron chi connectivity index (χ4n) is 1.78. The normalized spacial score (nSPS) is 10.8. The van der Waals surface area contributed by atoms with Gasteiger partial charge < -0.3 is 5.11 Å². The first kappa shape index (κ1) is 12.7. The summed E-state index contributed by atoms with van der Waals surface area (Å²) in [5.74, 6) is 0.417. The maximum Gasteiger partial charge on any atom is 0.196 e. The van der Waals surface area contributed by atoms with E-state index in [2.05, 4.69) is 10.2 Å². The first-order chi connectivity index (χ1) is 9.74. The van der Waals surface area contributed by atoms with Crippen LogP contribution in [0.3, 0.4) is 0 Å². The average molecular weight is 285 g/mol. The fourth-order valence-corrected chi connectivity index (χ4v) is 2.60. The molecule has 3 rings (SSSR count). The molecule has 5 nitrogen and oxygen atoms in total. The molecule has 1 N–H and O–H groups in total. The molecule has 0 saturated carbocycles. The Bertz CT molecular complexity index is 752. The molecule has 2 aromatic heterocycles. The highest BCUT2D eigenvalue weighted by Gasteiger charge is 2.10. The molecule has 100 valence electrons. The van der Waals surface area contributed by atoms with Gasteiger partial charge in [-0.05, 0) is 36.4 Å². The van der Waals surface area contributed by atoms with Gasteiger partial charge in [-0.15, -0.1) is 10.2 Å². The number of fused-ring (bicyclic) bond motifs is 1. The van der Waals surface area contributed by atoms with Gasteiger partial charge in [-0.2, -0.15) is 0 Å². The van der Waals surface area contributed by atoms with Crippen LogP contribution in [0.1, 0.15) is 10.4 Å². The third-order valence-corrected chi connectivity index (χ3v) is 3.75. The van der Waals surface area contributed by atoms with Crippen molar-refractivity contribution in [1.82, 2.24) is 14.6 Å². The molecule has 0 unspecified atom stereocenters. The SMILES string of the molecule is O=C(CSc1nnc2ccccn12)c1ccc(O)cc1. The van der Waals surface area contributed by atoms with Crippen molar-refractivity contribution < 1.29 is 9.90 Å². The monoisotopic (exact) mass is 285 g/mol. The average Bonchev–Trinajstić information content (AvgIpc) is 2.89. The molecule has 2 heterocycles. The molecule has 0 fully saturated rings. The highest BCUT2D eigenvalue weighted by Crippen LogP contribution is 2.19. The van der Waals surface area contributed by atoms with E-state index in [1.165, 1.54) is 23.9 Å². The van der Waals surface area contributed by atoms with E-state index in [9.17, 15) is 9.90 Å². The summed E-state index contributed by atoms with van der Waals surface area (Å²) < 4.78 is 1.84. The standard InChI is InChI=1S/C14H11N3O2S/c18-11-6-4-10(5-7-11)12(19)9-20-14-16-15-13-3-1-2-8-17(13)14/h1-8,18H,9H2. The Morgan fingerprint density at radius 3 is 2.75 bits per heavy atom. The fraction of sp³-hybridized carbons (Fsp3) is 0.0714. The van der Waals surface area contributed by atoms with E-state index >= 15 is 0 Å². The van der Waals surface area contributed by atoms with E-state index in [1.807, 2.05) is 28.8 Å². The van der Waals surface area contributed by atoms with Crippen LogP contribution in [0.4, 0.5) is 0 Å². The van der Waals surface area contributed by atoms with Gasteiger partial charge in [0.05, 0.1) is 5.75 Å². The number of rotatable bonds is 4. The Morgan fingerprint density at radius 2 is 1.95 bits per heavy atom. The summed E-state index contributed by atoms with van der Waals surface area (Å²) in [4.78, 5) is 12.0. The Kier molecular flexibility index (Phi) is 3.39. The van der Waals surface area contributed by atoms with Crippen LogP contribution in [0, 0.1) is 0 Å². The minimum Gasteiger partial charge on any atom is -0.508 e. The molecule has 0 saturated heterocycles. The summed E-state index contributed by atoms with van der Waals surface area (Å²) in [6.45, 7) is 0. The number of ketones is 1. The number of aromatic nitrogens is 3. The zero-order chi connectivity index (χ0) is 13.9. The van der Waals surface area contributed by atoms with E-state index < -0.39 is 0 Å². The molecular weight excluding hydrogens is 274 g/mol. The largest absolute Gasteiger partial charge is 0.508 e. The lowest BCUT2D eigenvalue weighted by molar-refractivity contribution is 0.102. The smallest absolute Gasteiger partial charge is 0.196 e. The van der Waals surface area contributed by atoms with Gasteiger partial charge in [0.25, 0.3) is 0 Å². The molecular formula is C14H11N3O2S. The van der Waals surface area contributed by atoms with E-state index in [0.29, 0.717) is 10.7 Å². The number of thioether (sulfide) groups is 1. The van der Waals surface area contributed by atoms with Crippen LogP contribution < -0.4 is 0 Å². The topological polar surface area (TPSA) is 67.5 Å². The Hall–Kier alpha value is -2.34. The van der Waals surface area contributed by atoms with Gasteiger partial charge in [0.1, 0.15) is 5.75 Å². The molecule has 1 aromatic carbocycles. The van der Waals surface area contributed by atoms with Crippen molar-refractivity contribution in [2.45, 2.75) is 5.16 Å². The lowest BCUT2D eigenvalue weighted by atomic mass is 10.1. The van der Waals surface area contributed by atoms with Crippen LogP contribution in [0.5, 0.6) is 5.75 Å². The van der Waals surface area contributed by atoms with Crippen molar-refractivity contribution in [3.63, 3.8) is 0 Å². The van der Waals surface area contributed by atoms with Crippen LogP contribution in [-0.4, -0.2) is 31.2 Å².